The highest BCUT2D eigenvalue weighted by atomic mass is 79.9. The van der Waals surface area contributed by atoms with Crippen molar-refractivity contribution in [3.05, 3.63) is 20.8 Å². The summed E-state index contributed by atoms with van der Waals surface area (Å²) < 4.78 is 1.07. The van der Waals surface area contributed by atoms with Gasteiger partial charge in [-0.25, -0.2) is 0 Å². The van der Waals surface area contributed by atoms with Crippen LogP contribution >= 0.6 is 39.0 Å². The molecule has 1 aromatic rings. The molecule has 0 spiro atoms. The number of rotatable bonds is 3. The van der Waals surface area contributed by atoms with E-state index in [1.165, 1.54) is 0 Å². The quantitative estimate of drug-likeness (QED) is 0.854. The summed E-state index contributed by atoms with van der Waals surface area (Å²) >= 11 is 7.00. The molecule has 2 nitrogen and oxygen atoms in total. The molecule has 1 aliphatic heterocycles. The van der Waals surface area contributed by atoms with Crippen molar-refractivity contribution in [1.82, 2.24) is 4.90 Å². The van der Waals surface area contributed by atoms with Crippen LogP contribution in [-0.2, 0) is 11.2 Å². The smallest absolute Gasteiger partial charge is 0.156 e. The van der Waals surface area contributed by atoms with Gasteiger partial charge in [-0.15, -0.1) is 11.3 Å². The van der Waals surface area contributed by atoms with Gasteiger partial charge in [0.25, 0.3) is 0 Å². The summed E-state index contributed by atoms with van der Waals surface area (Å²) in [5.74, 6) is 2.43. The third-order valence-corrected chi connectivity index (χ3v) is 5.74. The van der Waals surface area contributed by atoms with Gasteiger partial charge in [0.15, 0.2) is 5.78 Å². The van der Waals surface area contributed by atoms with E-state index in [9.17, 15) is 4.79 Å². The second-order valence-corrected chi connectivity index (χ2v) is 6.91. The van der Waals surface area contributed by atoms with Crippen molar-refractivity contribution >= 4 is 44.8 Å². The number of ketones is 1. The van der Waals surface area contributed by atoms with Gasteiger partial charge in [-0.05, 0) is 34.4 Å². The highest BCUT2D eigenvalue weighted by molar-refractivity contribution is 9.10. The van der Waals surface area contributed by atoms with Gasteiger partial charge in [-0.2, -0.15) is 11.8 Å². The van der Waals surface area contributed by atoms with Crippen LogP contribution in [0.1, 0.15) is 4.88 Å². The number of carbonyl (C=O) groups is 1. The number of Topliss-reactive ketones (excluding diaryl/α,β-unsaturated/α-hetero) is 1. The molecule has 2 heterocycles. The first-order valence-electron chi connectivity index (χ1n) is 5.21. The topological polar surface area (TPSA) is 20.3 Å². The van der Waals surface area contributed by atoms with Gasteiger partial charge in [0, 0.05) is 33.8 Å². The van der Waals surface area contributed by atoms with E-state index in [1.807, 2.05) is 30.3 Å². The highest BCUT2D eigenvalue weighted by Gasteiger charge is 2.26. The molecule has 1 saturated heterocycles. The van der Waals surface area contributed by atoms with Gasteiger partial charge < -0.3 is 0 Å². The molecule has 16 heavy (non-hydrogen) atoms. The summed E-state index contributed by atoms with van der Waals surface area (Å²) in [5, 5.41) is 2.02. The van der Waals surface area contributed by atoms with Crippen molar-refractivity contribution < 1.29 is 4.79 Å². The Bertz CT molecular complexity index is 380. The monoisotopic (exact) mass is 319 g/mol. The first-order chi connectivity index (χ1) is 7.68. The van der Waals surface area contributed by atoms with Crippen LogP contribution in [0.5, 0.6) is 0 Å². The molecule has 0 radical (unpaired) electrons. The van der Waals surface area contributed by atoms with Gasteiger partial charge >= 0.3 is 0 Å². The molecule has 1 aliphatic rings. The first-order valence-corrected chi connectivity index (χ1v) is 8.04. The molecule has 88 valence electrons. The molecule has 0 saturated carbocycles. The van der Waals surface area contributed by atoms with Crippen LogP contribution in [0.2, 0.25) is 0 Å². The number of thiophene rings is 1. The van der Waals surface area contributed by atoms with Crippen molar-refractivity contribution in [3.8, 4) is 0 Å². The fourth-order valence-corrected chi connectivity index (χ4v) is 4.50. The van der Waals surface area contributed by atoms with Crippen LogP contribution in [0.3, 0.4) is 0 Å². The number of nitrogens with zero attached hydrogens (tertiary/aromatic N) is 1. The van der Waals surface area contributed by atoms with Crippen LogP contribution in [0, 0.1) is 0 Å². The predicted molar refractivity (Wildman–Crippen MR) is 74.5 cm³/mol. The second-order valence-electron chi connectivity index (χ2n) is 3.91. The largest absolute Gasteiger partial charge is 0.297 e. The highest BCUT2D eigenvalue weighted by Crippen LogP contribution is 2.25. The Morgan fingerprint density at radius 2 is 2.50 bits per heavy atom. The van der Waals surface area contributed by atoms with E-state index in [0.717, 1.165) is 27.4 Å². The first kappa shape index (κ1) is 12.6. The van der Waals surface area contributed by atoms with Gasteiger partial charge in [0.05, 0.1) is 6.04 Å². The lowest BCUT2D eigenvalue weighted by atomic mass is 10.1. The fourth-order valence-electron chi connectivity index (χ4n) is 1.75. The fraction of sp³-hybridized carbons (Fsp3) is 0.545. The van der Waals surface area contributed by atoms with Crippen LogP contribution in [0.15, 0.2) is 15.9 Å². The number of hydrogen-bond acceptors (Lipinski definition) is 4. The molecular formula is C11H14BrNOS2. The van der Waals surface area contributed by atoms with Crippen molar-refractivity contribution in [1.29, 1.82) is 0 Å². The lowest BCUT2D eigenvalue weighted by Gasteiger charge is -2.30. The maximum Gasteiger partial charge on any atom is 0.156 e. The lowest BCUT2D eigenvalue weighted by Crippen LogP contribution is -2.45. The number of likely N-dealkylation sites (N-methyl/N-ethyl adjacent to an activating group) is 1. The maximum atomic E-state index is 12.2. The number of thioether (sulfide) groups is 1. The average molecular weight is 320 g/mol. The Morgan fingerprint density at radius 3 is 3.12 bits per heavy atom. The number of halogens is 1. The summed E-state index contributed by atoms with van der Waals surface area (Å²) in [6, 6.07) is 2.11. The molecule has 1 atom stereocenters. The van der Waals surface area contributed by atoms with E-state index in [2.05, 4.69) is 20.8 Å². The van der Waals surface area contributed by atoms with E-state index in [-0.39, 0.29) is 6.04 Å². The normalized spacial score (nSPS) is 22.2. The molecule has 0 N–H and O–H groups in total. The molecule has 1 aromatic heterocycles. The molecule has 0 amide bonds. The van der Waals surface area contributed by atoms with Crippen molar-refractivity contribution in [2.24, 2.45) is 0 Å². The Hall–Kier alpha value is 0.160. The minimum Gasteiger partial charge on any atom is -0.297 e. The standard InChI is InChI=1S/C11H14BrNOS2/c1-13-3-5-15-7-9(13)10(14)6-11-8(12)2-4-16-11/h2,4,9H,3,5-7H2,1H3. The summed E-state index contributed by atoms with van der Waals surface area (Å²) in [7, 11) is 2.05. The summed E-state index contributed by atoms with van der Waals surface area (Å²) in [6.45, 7) is 1.02. The molecule has 0 aromatic carbocycles. The molecule has 1 unspecified atom stereocenters. The van der Waals surface area contributed by atoms with E-state index in [4.69, 9.17) is 0 Å². The lowest BCUT2D eigenvalue weighted by molar-refractivity contribution is -0.122. The molecular weight excluding hydrogens is 306 g/mol. The van der Waals surface area contributed by atoms with E-state index in [0.29, 0.717) is 12.2 Å². The number of carbonyl (C=O) groups excluding carboxylic acids is 1. The van der Waals surface area contributed by atoms with Crippen molar-refractivity contribution in [2.45, 2.75) is 12.5 Å². The van der Waals surface area contributed by atoms with E-state index in [1.54, 1.807) is 11.3 Å². The van der Waals surface area contributed by atoms with Gasteiger partial charge in [0.2, 0.25) is 0 Å². The summed E-state index contributed by atoms with van der Waals surface area (Å²) in [5.41, 5.74) is 0. The maximum absolute atomic E-state index is 12.2. The Labute approximate surface area is 113 Å². The Balaban J connectivity index is 2.00. The SMILES string of the molecule is CN1CCSCC1C(=O)Cc1sccc1Br. The van der Waals surface area contributed by atoms with Crippen LogP contribution in [0.4, 0.5) is 0 Å². The molecule has 0 aliphatic carbocycles. The molecule has 0 bridgehead atoms. The van der Waals surface area contributed by atoms with Crippen LogP contribution in [-0.4, -0.2) is 41.8 Å². The van der Waals surface area contributed by atoms with Crippen molar-refractivity contribution in [3.63, 3.8) is 0 Å². The predicted octanol–water partition coefficient (Wildman–Crippen LogP) is 2.67. The Kier molecular flexibility index (Phi) is 4.47. The minimum atomic E-state index is 0.104. The third-order valence-electron chi connectivity index (χ3n) is 2.79. The second kappa shape index (κ2) is 5.67. The van der Waals surface area contributed by atoms with Gasteiger partial charge in [-0.1, -0.05) is 0 Å². The van der Waals surface area contributed by atoms with Crippen molar-refractivity contribution in [2.75, 3.05) is 25.1 Å². The summed E-state index contributed by atoms with van der Waals surface area (Å²) in [4.78, 5) is 15.5. The molecule has 5 heteroatoms. The minimum absolute atomic E-state index is 0.104. The zero-order valence-electron chi connectivity index (χ0n) is 9.11. The van der Waals surface area contributed by atoms with E-state index < -0.39 is 0 Å². The zero-order valence-corrected chi connectivity index (χ0v) is 12.3. The van der Waals surface area contributed by atoms with Gasteiger partial charge in [-0.3, -0.25) is 9.69 Å². The van der Waals surface area contributed by atoms with E-state index >= 15 is 0 Å². The summed E-state index contributed by atoms with van der Waals surface area (Å²) in [6.07, 6.45) is 0.563. The average Bonchev–Trinajstić information content (AvgIpc) is 2.65. The molecule has 2 rings (SSSR count). The van der Waals surface area contributed by atoms with Gasteiger partial charge in [0.1, 0.15) is 0 Å². The zero-order chi connectivity index (χ0) is 11.5. The van der Waals surface area contributed by atoms with Crippen LogP contribution in [0.25, 0.3) is 0 Å². The van der Waals surface area contributed by atoms with Crippen LogP contribution < -0.4 is 0 Å². The number of hydrogen-bond donors (Lipinski definition) is 0. The molecule has 1 fully saturated rings. The third kappa shape index (κ3) is 2.88. The Morgan fingerprint density at radius 1 is 1.69 bits per heavy atom.